The van der Waals surface area contributed by atoms with Crippen LogP contribution in [0.4, 0.5) is 10.3 Å². The van der Waals surface area contributed by atoms with Gasteiger partial charge in [-0.15, -0.1) is 0 Å². The van der Waals surface area contributed by atoms with Crippen molar-refractivity contribution in [3.05, 3.63) is 24.3 Å². The number of ether oxygens (including phenoxy) is 1. The topological polar surface area (TPSA) is 86.2 Å². The van der Waals surface area contributed by atoms with Crippen LogP contribution in [0.2, 0.25) is 0 Å². The van der Waals surface area contributed by atoms with Gasteiger partial charge < -0.3 is 20.3 Å². The lowest BCUT2D eigenvalue weighted by atomic mass is 9.77. The zero-order chi connectivity index (χ0) is 17.9. The van der Waals surface area contributed by atoms with E-state index in [1.54, 1.807) is 12.4 Å². The molecular formula is C17H25FN5O2+. The van der Waals surface area contributed by atoms with E-state index in [2.05, 4.69) is 20.6 Å². The van der Waals surface area contributed by atoms with Crippen LogP contribution in [0.15, 0.2) is 24.3 Å². The van der Waals surface area contributed by atoms with Gasteiger partial charge in [0, 0.05) is 32.3 Å². The number of nitrogens with zero attached hydrogens (tertiary/aromatic N) is 4. The molecule has 0 radical (unpaired) electrons. The standard InChI is InChI=1S/C17H24FN5O2/c1-22-5-2-17(15(22)24)3-6-23(7-4-17)16-20-10-14(11-21-16)25-12-13(8-18)9-19/h8,10-11H,2-7,9,12,19H2,1H3/p+1. The molecule has 2 fully saturated rings. The smallest absolute Gasteiger partial charge is 0.228 e. The molecule has 0 unspecified atom stereocenters. The second kappa shape index (κ2) is 7.35. The van der Waals surface area contributed by atoms with Crippen molar-refractivity contribution >= 4 is 11.9 Å². The Morgan fingerprint density at radius 2 is 1.96 bits per heavy atom. The third kappa shape index (κ3) is 3.58. The summed E-state index contributed by atoms with van der Waals surface area (Å²) in [6, 6.07) is 0. The van der Waals surface area contributed by atoms with E-state index in [-0.39, 0.29) is 17.9 Å². The molecule has 0 aliphatic carbocycles. The zero-order valence-electron chi connectivity index (χ0n) is 14.6. The first kappa shape index (κ1) is 17.6. The zero-order valence-corrected chi connectivity index (χ0v) is 14.6. The van der Waals surface area contributed by atoms with E-state index in [9.17, 15) is 9.18 Å². The monoisotopic (exact) mass is 350 g/mol. The van der Waals surface area contributed by atoms with Crippen LogP contribution in [0.5, 0.6) is 5.75 Å². The molecule has 25 heavy (non-hydrogen) atoms. The normalized spacial score (nSPS) is 20.4. The van der Waals surface area contributed by atoms with Crippen molar-refractivity contribution in [2.24, 2.45) is 5.41 Å². The van der Waals surface area contributed by atoms with Crippen LogP contribution in [0.25, 0.3) is 0 Å². The predicted octanol–water partition coefficient (Wildman–Crippen LogP) is 0.399. The van der Waals surface area contributed by atoms with E-state index in [4.69, 9.17) is 4.74 Å². The molecule has 0 atom stereocenters. The summed E-state index contributed by atoms with van der Waals surface area (Å²) in [5.74, 6) is 1.41. The van der Waals surface area contributed by atoms with Gasteiger partial charge in [-0.1, -0.05) is 0 Å². The molecule has 7 nitrogen and oxygen atoms in total. The Hall–Kier alpha value is -2.22. The van der Waals surface area contributed by atoms with E-state index in [0.29, 0.717) is 30.1 Å². The quantitative estimate of drug-likeness (QED) is 0.831. The number of piperidine rings is 1. The van der Waals surface area contributed by atoms with Gasteiger partial charge in [-0.05, 0) is 19.3 Å². The van der Waals surface area contributed by atoms with Gasteiger partial charge >= 0.3 is 0 Å². The van der Waals surface area contributed by atoms with Crippen LogP contribution >= 0.6 is 0 Å². The number of hydrogen-bond donors (Lipinski definition) is 1. The fourth-order valence-electron chi connectivity index (χ4n) is 3.48. The van der Waals surface area contributed by atoms with Crippen molar-refractivity contribution in [2.45, 2.75) is 19.3 Å². The Morgan fingerprint density at radius 1 is 1.32 bits per heavy atom. The minimum atomic E-state index is -0.183. The summed E-state index contributed by atoms with van der Waals surface area (Å²) >= 11 is 0. The van der Waals surface area contributed by atoms with Gasteiger partial charge in [-0.25, -0.2) is 14.4 Å². The first-order chi connectivity index (χ1) is 12.1. The molecule has 2 aliphatic heterocycles. The summed E-state index contributed by atoms with van der Waals surface area (Å²) in [5, 5.41) is 0. The van der Waals surface area contributed by atoms with Crippen molar-refractivity contribution in [1.82, 2.24) is 14.9 Å². The van der Waals surface area contributed by atoms with Crippen LogP contribution in [0.1, 0.15) is 19.3 Å². The lowest BCUT2D eigenvalue weighted by Crippen LogP contribution is -2.51. The molecule has 3 heterocycles. The summed E-state index contributed by atoms with van der Waals surface area (Å²) in [6.45, 7) is 2.90. The number of carbonyl (C=O) groups is 1. The Bertz CT molecular complexity index is 641. The first-order valence-corrected chi connectivity index (χ1v) is 8.61. The minimum absolute atomic E-state index is 0.143. The Morgan fingerprint density at radius 3 is 2.48 bits per heavy atom. The SMILES string of the molecule is CN1CCC2(CCN(c3ncc(OCC(=CF)C[NH3+])cn3)CC2)C1=O. The van der Waals surface area contributed by atoms with Crippen molar-refractivity contribution in [2.75, 3.05) is 44.7 Å². The molecule has 1 aromatic rings. The Kier molecular flexibility index (Phi) is 5.17. The van der Waals surface area contributed by atoms with E-state index in [0.717, 1.165) is 38.9 Å². The van der Waals surface area contributed by atoms with Crippen molar-refractivity contribution in [3.63, 3.8) is 0 Å². The number of rotatable bonds is 5. The number of quaternary nitrogens is 1. The number of anilines is 1. The van der Waals surface area contributed by atoms with E-state index < -0.39 is 0 Å². The third-order valence-electron chi connectivity index (χ3n) is 5.24. The summed E-state index contributed by atoms with van der Waals surface area (Å²) in [6.07, 6.45) is 6.34. The van der Waals surface area contributed by atoms with Gasteiger partial charge in [0.15, 0.2) is 5.75 Å². The maximum atomic E-state index is 12.5. The largest absolute Gasteiger partial charge is 0.486 e. The maximum Gasteiger partial charge on any atom is 0.228 e. The van der Waals surface area contributed by atoms with Crippen molar-refractivity contribution < 1.29 is 19.7 Å². The van der Waals surface area contributed by atoms with Gasteiger partial charge in [0.05, 0.1) is 24.1 Å². The Balaban J connectivity index is 1.56. The second-order valence-corrected chi connectivity index (χ2v) is 6.77. The number of carbonyl (C=O) groups excluding carboxylic acids is 1. The average Bonchev–Trinajstić information content (AvgIpc) is 2.92. The van der Waals surface area contributed by atoms with Crippen LogP contribution in [0, 0.1) is 5.41 Å². The number of halogens is 1. The first-order valence-electron chi connectivity index (χ1n) is 8.61. The summed E-state index contributed by atoms with van der Waals surface area (Å²) in [7, 11) is 1.88. The molecule has 0 aromatic carbocycles. The van der Waals surface area contributed by atoms with Crippen LogP contribution in [-0.2, 0) is 4.79 Å². The van der Waals surface area contributed by atoms with Gasteiger partial charge in [0.2, 0.25) is 11.9 Å². The lowest BCUT2D eigenvalue weighted by molar-refractivity contribution is -0.356. The fourth-order valence-corrected chi connectivity index (χ4v) is 3.48. The number of aromatic nitrogens is 2. The second-order valence-electron chi connectivity index (χ2n) is 6.77. The molecule has 3 rings (SSSR count). The average molecular weight is 350 g/mol. The van der Waals surface area contributed by atoms with Gasteiger partial charge in [0.25, 0.3) is 0 Å². The molecule has 2 saturated heterocycles. The number of hydrogen-bond acceptors (Lipinski definition) is 5. The van der Waals surface area contributed by atoms with Crippen molar-refractivity contribution in [1.29, 1.82) is 0 Å². The predicted molar refractivity (Wildman–Crippen MR) is 90.6 cm³/mol. The van der Waals surface area contributed by atoms with Crippen LogP contribution in [-0.4, -0.2) is 60.6 Å². The highest BCUT2D eigenvalue weighted by Crippen LogP contribution is 2.41. The summed E-state index contributed by atoms with van der Waals surface area (Å²) in [4.78, 5) is 25.0. The molecule has 0 saturated carbocycles. The third-order valence-corrected chi connectivity index (χ3v) is 5.24. The number of likely N-dealkylation sites (tertiary alicyclic amines) is 1. The van der Waals surface area contributed by atoms with Gasteiger partial charge in [-0.3, -0.25) is 4.79 Å². The van der Waals surface area contributed by atoms with E-state index >= 15 is 0 Å². The van der Waals surface area contributed by atoms with E-state index in [1.807, 2.05) is 11.9 Å². The molecule has 1 amide bonds. The highest BCUT2D eigenvalue weighted by atomic mass is 19.1. The lowest BCUT2D eigenvalue weighted by Gasteiger charge is -2.37. The van der Waals surface area contributed by atoms with Crippen LogP contribution in [0.3, 0.4) is 0 Å². The fraction of sp³-hybridized carbons (Fsp3) is 0.588. The molecular weight excluding hydrogens is 325 g/mol. The Labute approximate surface area is 146 Å². The number of amides is 1. The highest BCUT2D eigenvalue weighted by molar-refractivity contribution is 5.84. The van der Waals surface area contributed by atoms with Crippen LogP contribution < -0.4 is 15.4 Å². The molecule has 3 N–H and O–H groups in total. The maximum absolute atomic E-state index is 12.5. The highest BCUT2D eigenvalue weighted by Gasteiger charge is 2.47. The van der Waals surface area contributed by atoms with Gasteiger partial charge in [-0.2, -0.15) is 0 Å². The summed E-state index contributed by atoms with van der Waals surface area (Å²) < 4.78 is 18.0. The molecule has 8 heteroatoms. The van der Waals surface area contributed by atoms with E-state index in [1.165, 1.54) is 0 Å². The molecule has 0 bridgehead atoms. The molecule has 136 valence electrons. The van der Waals surface area contributed by atoms with Crippen molar-refractivity contribution in [3.8, 4) is 5.75 Å². The molecule has 1 aromatic heterocycles. The summed E-state index contributed by atoms with van der Waals surface area (Å²) in [5.41, 5.74) is 3.93. The van der Waals surface area contributed by atoms with Gasteiger partial charge in [0.1, 0.15) is 13.2 Å². The molecule has 2 aliphatic rings. The molecule has 1 spiro atoms. The minimum Gasteiger partial charge on any atom is -0.486 e.